The Morgan fingerprint density at radius 2 is 1.93 bits per heavy atom. The Morgan fingerprint density at radius 1 is 1.36 bits per heavy atom. The summed E-state index contributed by atoms with van der Waals surface area (Å²) in [6, 6.07) is 0. The molecule has 0 aromatic carbocycles. The molecule has 1 unspecified atom stereocenters. The first-order chi connectivity index (χ1) is 6.65. The number of hydrogen-bond acceptors (Lipinski definition) is 4. The van der Waals surface area contributed by atoms with Gasteiger partial charge in [-0.25, -0.2) is 0 Å². The molecule has 0 radical (unpaired) electrons. The van der Waals surface area contributed by atoms with Gasteiger partial charge >= 0.3 is 0 Å². The zero-order valence-electron chi connectivity index (χ0n) is 9.32. The van der Waals surface area contributed by atoms with Crippen LogP contribution in [0.3, 0.4) is 0 Å². The summed E-state index contributed by atoms with van der Waals surface area (Å²) in [6.07, 6.45) is 1.67. The minimum absolute atomic E-state index is 0.216. The van der Waals surface area contributed by atoms with Crippen molar-refractivity contribution in [3.63, 3.8) is 0 Å². The molecule has 14 heavy (non-hydrogen) atoms. The first-order valence-corrected chi connectivity index (χ1v) is 5.16. The Hall–Kier alpha value is -0.160. The molecule has 1 aliphatic heterocycles. The van der Waals surface area contributed by atoms with Crippen molar-refractivity contribution in [3.8, 4) is 0 Å². The fourth-order valence-corrected chi connectivity index (χ4v) is 1.83. The largest absolute Gasteiger partial charge is 0.392 e. The van der Waals surface area contributed by atoms with Gasteiger partial charge in [-0.15, -0.1) is 0 Å². The minimum atomic E-state index is -0.425. The zero-order chi connectivity index (χ0) is 10.6. The van der Waals surface area contributed by atoms with Crippen molar-refractivity contribution in [2.45, 2.75) is 31.7 Å². The van der Waals surface area contributed by atoms with Crippen LogP contribution < -0.4 is 0 Å². The topological polar surface area (TPSA) is 41.9 Å². The van der Waals surface area contributed by atoms with E-state index in [4.69, 9.17) is 9.47 Å². The van der Waals surface area contributed by atoms with E-state index < -0.39 is 5.79 Å². The summed E-state index contributed by atoms with van der Waals surface area (Å²) in [7, 11) is 3.31. The van der Waals surface area contributed by atoms with Crippen LogP contribution in [0.2, 0.25) is 0 Å². The van der Waals surface area contributed by atoms with Crippen molar-refractivity contribution in [2.24, 2.45) is 0 Å². The number of rotatable bonds is 6. The Morgan fingerprint density at radius 3 is 2.36 bits per heavy atom. The number of aliphatic hydroxyl groups excluding tert-OH is 1. The van der Waals surface area contributed by atoms with E-state index in [9.17, 15) is 5.11 Å². The average molecular weight is 203 g/mol. The van der Waals surface area contributed by atoms with Crippen LogP contribution in [0.15, 0.2) is 0 Å². The number of likely N-dealkylation sites (tertiary alicyclic amines) is 1. The smallest absolute Gasteiger partial charge is 0.193 e. The highest BCUT2D eigenvalue weighted by atomic mass is 16.7. The lowest BCUT2D eigenvalue weighted by molar-refractivity contribution is -0.277. The normalized spacial score (nSPS) is 23.1. The van der Waals surface area contributed by atoms with E-state index in [0.29, 0.717) is 0 Å². The molecule has 4 nitrogen and oxygen atoms in total. The van der Waals surface area contributed by atoms with Crippen LogP contribution in [0.25, 0.3) is 0 Å². The number of nitrogens with zero attached hydrogens (tertiary/aromatic N) is 1. The van der Waals surface area contributed by atoms with Crippen LogP contribution in [0.4, 0.5) is 0 Å². The van der Waals surface area contributed by atoms with Gasteiger partial charge in [0.05, 0.1) is 19.2 Å². The molecule has 0 aliphatic carbocycles. The number of aliphatic hydroxyl groups is 1. The van der Waals surface area contributed by atoms with E-state index in [2.05, 4.69) is 11.8 Å². The molecule has 0 spiro atoms. The first-order valence-electron chi connectivity index (χ1n) is 5.16. The molecule has 1 N–H and O–H groups in total. The quantitative estimate of drug-likeness (QED) is 0.637. The van der Waals surface area contributed by atoms with Gasteiger partial charge in [-0.1, -0.05) is 13.3 Å². The van der Waals surface area contributed by atoms with Crippen LogP contribution >= 0.6 is 0 Å². The standard InChI is InChI=1S/C10H21NO3/c1-4-5-9(12)6-11-7-10(8-11,13-2)14-3/h9,12H,4-8H2,1-3H3. The summed E-state index contributed by atoms with van der Waals surface area (Å²) in [4.78, 5) is 2.15. The SMILES string of the molecule is CCCC(O)CN1CC(OC)(OC)C1. The second kappa shape index (κ2) is 5.07. The number of methoxy groups -OCH3 is 2. The Kier molecular flexibility index (Phi) is 4.31. The summed E-state index contributed by atoms with van der Waals surface area (Å²) in [6.45, 7) is 4.30. The third-order valence-corrected chi connectivity index (χ3v) is 2.76. The number of hydrogen-bond donors (Lipinski definition) is 1. The number of β-amino-alcohol motifs (C(OH)–C–C–N with tert-alkyl or cyclic N) is 1. The molecular weight excluding hydrogens is 182 g/mol. The molecule has 1 atom stereocenters. The van der Waals surface area contributed by atoms with E-state index in [1.165, 1.54) is 0 Å². The molecule has 0 aromatic rings. The maximum atomic E-state index is 9.58. The lowest BCUT2D eigenvalue weighted by Crippen LogP contribution is -2.64. The van der Waals surface area contributed by atoms with Gasteiger partial charge in [0.1, 0.15) is 0 Å². The second-order valence-electron chi connectivity index (χ2n) is 3.93. The lowest BCUT2D eigenvalue weighted by atomic mass is 10.1. The van der Waals surface area contributed by atoms with Crippen LogP contribution in [0.1, 0.15) is 19.8 Å². The Labute approximate surface area is 85.8 Å². The summed E-state index contributed by atoms with van der Waals surface area (Å²) in [5.74, 6) is -0.425. The Bertz CT molecular complexity index is 163. The zero-order valence-corrected chi connectivity index (χ0v) is 9.32. The fourth-order valence-electron chi connectivity index (χ4n) is 1.83. The van der Waals surface area contributed by atoms with E-state index in [0.717, 1.165) is 32.5 Å². The highest BCUT2D eigenvalue weighted by Crippen LogP contribution is 2.25. The summed E-state index contributed by atoms with van der Waals surface area (Å²) in [5.41, 5.74) is 0. The summed E-state index contributed by atoms with van der Waals surface area (Å²) < 4.78 is 10.5. The van der Waals surface area contributed by atoms with Gasteiger partial charge in [-0.05, 0) is 6.42 Å². The second-order valence-corrected chi connectivity index (χ2v) is 3.93. The maximum Gasteiger partial charge on any atom is 0.193 e. The molecule has 0 saturated carbocycles. The van der Waals surface area contributed by atoms with Crippen molar-refractivity contribution in [2.75, 3.05) is 33.9 Å². The summed E-state index contributed by atoms with van der Waals surface area (Å²) >= 11 is 0. The number of ether oxygens (including phenoxy) is 2. The van der Waals surface area contributed by atoms with E-state index in [-0.39, 0.29) is 6.10 Å². The van der Waals surface area contributed by atoms with E-state index >= 15 is 0 Å². The molecule has 4 heteroatoms. The molecule has 1 aliphatic rings. The van der Waals surface area contributed by atoms with Crippen LogP contribution in [-0.4, -0.2) is 55.8 Å². The van der Waals surface area contributed by atoms with E-state index in [1.54, 1.807) is 14.2 Å². The van der Waals surface area contributed by atoms with Gasteiger partial charge in [0.15, 0.2) is 5.79 Å². The molecule has 1 rings (SSSR count). The van der Waals surface area contributed by atoms with E-state index in [1.807, 2.05) is 0 Å². The first kappa shape index (κ1) is 11.9. The highest BCUT2D eigenvalue weighted by Gasteiger charge is 2.43. The minimum Gasteiger partial charge on any atom is -0.392 e. The van der Waals surface area contributed by atoms with Gasteiger partial charge < -0.3 is 14.6 Å². The molecule has 1 heterocycles. The van der Waals surface area contributed by atoms with Crippen LogP contribution in [0.5, 0.6) is 0 Å². The van der Waals surface area contributed by atoms with Gasteiger partial charge in [0.25, 0.3) is 0 Å². The average Bonchev–Trinajstić information content (AvgIpc) is 2.11. The molecule has 0 bridgehead atoms. The molecule has 0 amide bonds. The van der Waals surface area contributed by atoms with Crippen molar-refractivity contribution in [1.29, 1.82) is 0 Å². The molecule has 0 aromatic heterocycles. The summed E-state index contributed by atoms with van der Waals surface area (Å²) in [5, 5.41) is 9.58. The van der Waals surface area contributed by atoms with Crippen LogP contribution in [-0.2, 0) is 9.47 Å². The lowest BCUT2D eigenvalue weighted by Gasteiger charge is -2.48. The monoisotopic (exact) mass is 203 g/mol. The predicted molar refractivity (Wildman–Crippen MR) is 54.1 cm³/mol. The third kappa shape index (κ3) is 2.67. The molecule has 1 fully saturated rings. The molecule has 1 saturated heterocycles. The van der Waals surface area contributed by atoms with Crippen molar-refractivity contribution in [1.82, 2.24) is 4.90 Å². The third-order valence-electron chi connectivity index (χ3n) is 2.76. The van der Waals surface area contributed by atoms with Gasteiger partial charge in [-0.2, -0.15) is 0 Å². The van der Waals surface area contributed by atoms with Gasteiger partial charge in [-0.3, -0.25) is 4.90 Å². The van der Waals surface area contributed by atoms with Gasteiger partial charge in [0.2, 0.25) is 0 Å². The maximum absolute atomic E-state index is 9.58. The fraction of sp³-hybridized carbons (Fsp3) is 1.00. The predicted octanol–water partition coefficient (Wildman–Crippen LogP) is 0.452. The highest BCUT2D eigenvalue weighted by molar-refractivity contribution is 4.89. The van der Waals surface area contributed by atoms with Crippen molar-refractivity contribution < 1.29 is 14.6 Å². The van der Waals surface area contributed by atoms with Gasteiger partial charge in [0, 0.05) is 20.8 Å². The molecule has 84 valence electrons. The van der Waals surface area contributed by atoms with Crippen molar-refractivity contribution in [3.05, 3.63) is 0 Å². The Balaban J connectivity index is 2.20. The molecular formula is C10H21NO3. The van der Waals surface area contributed by atoms with Crippen molar-refractivity contribution >= 4 is 0 Å². The van der Waals surface area contributed by atoms with Crippen LogP contribution in [0, 0.1) is 0 Å².